The summed E-state index contributed by atoms with van der Waals surface area (Å²) in [6.45, 7) is 9.97. The van der Waals surface area contributed by atoms with Gasteiger partial charge in [0.05, 0.1) is 7.11 Å². The van der Waals surface area contributed by atoms with Gasteiger partial charge in [0, 0.05) is 38.3 Å². The molecule has 0 radical (unpaired) electrons. The van der Waals surface area contributed by atoms with Crippen LogP contribution in [-0.4, -0.2) is 38.2 Å². The molecule has 0 aromatic heterocycles. The number of nitrogens with zero attached hydrogens (tertiary/aromatic N) is 1. The fraction of sp³-hybridized carbons (Fsp3) is 0.600. The fourth-order valence-electron chi connectivity index (χ4n) is 2.67. The van der Waals surface area contributed by atoms with E-state index in [9.17, 15) is 0 Å². The van der Waals surface area contributed by atoms with Gasteiger partial charge in [-0.05, 0) is 17.5 Å². The summed E-state index contributed by atoms with van der Waals surface area (Å²) in [6.07, 6.45) is 0. The van der Waals surface area contributed by atoms with E-state index in [0.29, 0.717) is 5.92 Å². The summed E-state index contributed by atoms with van der Waals surface area (Å²) in [4.78, 5) is 2.51. The first-order chi connectivity index (χ1) is 8.72. The molecular weight excluding hydrogens is 224 g/mol. The van der Waals surface area contributed by atoms with Crippen LogP contribution in [-0.2, 0) is 6.54 Å². The van der Waals surface area contributed by atoms with Crippen molar-refractivity contribution in [2.45, 2.75) is 26.3 Å². The number of piperazine rings is 1. The third-order valence-electron chi connectivity index (χ3n) is 3.56. The second-order valence-corrected chi connectivity index (χ2v) is 5.21. The molecule has 0 aliphatic carbocycles. The molecule has 100 valence electrons. The van der Waals surface area contributed by atoms with Crippen LogP contribution in [0.15, 0.2) is 18.2 Å². The molecular formula is C15H24N2O. The summed E-state index contributed by atoms with van der Waals surface area (Å²) in [5.41, 5.74) is 2.77. The third kappa shape index (κ3) is 3.03. The van der Waals surface area contributed by atoms with Crippen molar-refractivity contribution in [1.82, 2.24) is 10.2 Å². The first-order valence-corrected chi connectivity index (χ1v) is 6.81. The van der Waals surface area contributed by atoms with E-state index < -0.39 is 0 Å². The second-order valence-electron chi connectivity index (χ2n) is 5.21. The predicted octanol–water partition coefficient (Wildman–Crippen LogP) is 2.22. The van der Waals surface area contributed by atoms with Crippen molar-refractivity contribution in [1.29, 1.82) is 0 Å². The highest BCUT2D eigenvalue weighted by Gasteiger charge is 2.16. The maximum absolute atomic E-state index is 5.51. The first kappa shape index (κ1) is 13.4. The number of rotatable bonds is 4. The van der Waals surface area contributed by atoms with E-state index in [0.717, 1.165) is 38.5 Å². The van der Waals surface area contributed by atoms with E-state index in [1.807, 2.05) is 0 Å². The molecule has 1 aliphatic rings. The SMILES string of the molecule is COc1cccc(CN2CCNCC2)c1C(C)C. The number of hydrogen-bond acceptors (Lipinski definition) is 3. The van der Waals surface area contributed by atoms with Crippen LogP contribution in [0, 0.1) is 0 Å². The monoisotopic (exact) mass is 248 g/mol. The number of hydrogen-bond donors (Lipinski definition) is 1. The molecule has 1 aliphatic heterocycles. The van der Waals surface area contributed by atoms with Crippen molar-refractivity contribution < 1.29 is 4.74 Å². The molecule has 3 heteroatoms. The van der Waals surface area contributed by atoms with Gasteiger partial charge in [0.15, 0.2) is 0 Å². The Bertz CT molecular complexity index is 384. The van der Waals surface area contributed by atoms with Crippen molar-refractivity contribution in [2.75, 3.05) is 33.3 Å². The van der Waals surface area contributed by atoms with Crippen LogP contribution in [0.5, 0.6) is 5.75 Å². The summed E-state index contributed by atoms with van der Waals surface area (Å²) in [5, 5.41) is 3.39. The van der Waals surface area contributed by atoms with Crippen molar-refractivity contribution >= 4 is 0 Å². The second kappa shape index (κ2) is 6.21. The van der Waals surface area contributed by atoms with E-state index in [4.69, 9.17) is 4.74 Å². The molecule has 1 aromatic rings. The van der Waals surface area contributed by atoms with Gasteiger partial charge in [-0.3, -0.25) is 4.90 Å². The van der Waals surface area contributed by atoms with Crippen molar-refractivity contribution in [3.63, 3.8) is 0 Å². The number of methoxy groups -OCH3 is 1. The van der Waals surface area contributed by atoms with Gasteiger partial charge in [0.1, 0.15) is 5.75 Å². The van der Waals surface area contributed by atoms with Crippen molar-refractivity contribution in [2.24, 2.45) is 0 Å². The molecule has 0 atom stereocenters. The van der Waals surface area contributed by atoms with Crippen LogP contribution >= 0.6 is 0 Å². The predicted molar refractivity (Wildman–Crippen MR) is 75.2 cm³/mol. The zero-order valence-corrected chi connectivity index (χ0v) is 11.7. The number of nitrogens with one attached hydrogen (secondary N) is 1. The Kier molecular flexibility index (Phi) is 4.61. The van der Waals surface area contributed by atoms with Crippen molar-refractivity contribution in [3.05, 3.63) is 29.3 Å². The first-order valence-electron chi connectivity index (χ1n) is 6.81. The molecule has 1 aromatic carbocycles. The van der Waals surface area contributed by atoms with Crippen molar-refractivity contribution in [3.8, 4) is 5.75 Å². The van der Waals surface area contributed by atoms with Gasteiger partial charge in [0.25, 0.3) is 0 Å². The summed E-state index contributed by atoms with van der Waals surface area (Å²) in [5.74, 6) is 1.52. The van der Waals surface area contributed by atoms with E-state index >= 15 is 0 Å². The molecule has 0 unspecified atom stereocenters. The van der Waals surface area contributed by atoms with Crippen LogP contribution in [0.1, 0.15) is 30.9 Å². The Morgan fingerprint density at radius 1 is 1.28 bits per heavy atom. The minimum absolute atomic E-state index is 0.499. The molecule has 0 amide bonds. The molecule has 0 bridgehead atoms. The lowest BCUT2D eigenvalue weighted by molar-refractivity contribution is 0.232. The standard InChI is InChI=1S/C15H24N2O/c1-12(2)15-13(5-4-6-14(15)18-3)11-17-9-7-16-8-10-17/h4-6,12,16H,7-11H2,1-3H3. The van der Waals surface area contributed by atoms with E-state index in [2.05, 4.69) is 42.3 Å². The normalized spacial score (nSPS) is 17.1. The average molecular weight is 248 g/mol. The minimum atomic E-state index is 0.499. The molecule has 3 nitrogen and oxygen atoms in total. The highest BCUT2D eigenvalue weighted by atomic mass is 16.5. The lowest BCUT2D eigenvalue weighted by atomic mass is 9.95. The number of ether oxygens (including phenoxy) is 1. The molecule has 1 fully saturated rings. The van der Waals surface area contributed by atoms with Gasteiger partial charge >= 0.3 is 0 Å². The third-order valence-corrected chi connectivity index (χ3v) is 3.56. The maximum Gasteiger partial charge on any atom is 0.122 e. The fourth-order valence-corrected chi connectivity index (χ4v) is 2.67. The molecule has 2 rings (SSSR count). The van der Waals surface area contributed by atoms with Gasteiger partial charge in [-0.15, -0.1) is 0 Å². The van der Waals surface area contributed by atoms with Gasteiger partial charge in [-0.25, -0.2) is 0 Å². The summed E-state index contributed by atoms with van der Waals surface area (Å²) >= 11 is 0. The maximum atomic E-state index is 5.51. The Morgan fingerprint density at radius 2 is 2.00 bits per heavy atom. The molecule has 1 saturated heterocycles. The Hall–Kier alpha value is -1.06. The zero-order valence-electron chi connectivity index (χ0n) is 11.7. The topological polar surface area (TPSA) is 24.5 Å². The van der Waals surface area contributed by atoms with E-state index in [1.54, 1.807) is 7.11 Å². The Labute approximate surface area is 110 Å². The number of benzene rings is 1. The van der Waals surface area contributed by atoms with Crippen LogP contribution in [0.25, 0.3) is 0 Å². The van der Waals surface area contributed by atoms with Gasteiger partial charge in [0.2, 0.25) is 0 Å². The Balaban J connectivity index is 2.20. The Morgan fingerprint density at radius 3 is 2.61 bits per heavy atom. The van der Waals surface area contributed by atoms with Gasteiger partial charge in [-0.1, -0.05) is 26.0 Å². The minimum Gasteiger partial charge on any atom is -0.496 e. The summed E-state index contributed by atoms with van der Waals surface area (Å²) < 4.78 is 5.51. The van der Waals surface area contributed by atoms with Crippen LogP contribution in [0.2, 0.25) is 0 Å². The van der Waals surface area contributed by atoms with Gasteiger partial charge < -0.3 is 10.1 Å². The largest absolute Gasteiger partial charge is 0.496 e. The average Bonchev–Trinajstić information content (AvgIpc) is 2.39. The smallest absolute Gasteiger partial charge is 0.122 e. The lowest BCUT2D eigenvalue weighted by Crippen LogP contribution is -2.43. The van der Waals surface area contributed by atoms with Crippen LogP contribution in [0.4, 0.5) is 0 Å². The van der Waals surface area contributed by atoms with E-state index in [-0.39, 0.29) is 0 Å². The molecule has 1 N–H and O–H groups in total. The lowest BCUT2D eigenvalue weighted by Gasteiger charge is -2.29. The molecule has 18 heavy (non-hydrogen) atoms. The molecule has 1 heterocycles. The van der Waals surface area contributed by atoms with E-state index in [1.165, 1.54) is 11.1 Å². The van der Waals surface area contributed by atoms with Gasteiger partial charge in [-0.2, -0.15) is 0 Å². The highest BCUT2D eigenvalue weighted by molar-refractivity contribution is 5.42. The van der Waals surface area contributed by atoms with Crippen LogP contribution < -0.4 is 10.1 Å². The molecule has 0 saturated carbocycles. The quantitative estimate of drug-likeness (QED) is 0.884. The summed E-state index contributed by atoms with van der Waals surface area (Å²) in [7, 11) is 1.76. The highest BCUT2D eigenvalue weighted by Crippen LogP contribution is 2.30. The zero-order chi connectivity index (χ0) is 13.0. The summed E-state index contributed by atoms with van der Waals surface area (Å²) in [6, 6.07) is 6.40. The molecule has 0 spiro atoms. The van der Waals surface area contributed by atoms with Crippen LogP contribution in [0.3, 0.4) is 0 Å².